The molecule has 1 saturated carbocycles. The van der Waals surface area contributed by atoms with E-state index in [2.05, 4.69) is 10.0 Å². The average molecular weight is 289 g/mol. The lowest BCUT2D eigenvalue weighted by Gasteiger charge is -2.07. The van der Waals surface area contributed by atoms with Gasteiger partial charge in [-0.2, -0.15) is 0 Å². The summed E-state index contributed by atoms with van der Waals surface area (Å²) in [5.41, 5.74) is 0. The van der Waals surface area contributed by atoms with Gasteiger partial charge in [-0.1, -0.05) is 17.7 Å². The van der Waals surface area contributed by atoms with Crippen LogP contribution in [0.15, 0.2) is 29.2 Å². The highest BCUT2D eigenvalue weighted by molar-refractivity contribution is 7.89. The number of benzene rings is 1. The SMILES string of the molecule is O=S(=O)(NCCCNC1CC1)c1cccc(Cl)c1. The highest BCUT2D eigenvalue weighted by Crippen LogP contribution is 2.18. The van der Waals surface area contributed by atoms with Gasteiger partial charge in [0.1, 0.15) is 0 Å². The molecule has 0 heterocycles. The number of nitrogens with one attached hydrogen (secondary N) is 2. The zero-order valence-corrected chi connectivity index (χ0v) is 11.6. The molecule has 6 heteroatoms. The maximum absolute atomic E-state index is 11.9. The molecule has 0 aromatic heterocycles. The minimum atomic E-state index is -3.43. The number of halogens is 1. The quantitative estimate of drug-likeness (QED) is 0.752. The summed E-state index contributed by atoms with van der Waals surface area (Å²) in [6.45, 7) is 1.29. The van der Waals surface area contributed by atoms with Crippen molar-refractivity contribution in [1.82, 2.24) is 10.0 Å². The predicted molar refractivity (Wildman–Crippen MR) is 72.3 cm³/mol. The standard InChI is InChI=1S/C12H17ClN2O2S/c13-10-3-1-4-12(9-10)18(16,17)15-8-2-7-14-11-5-6-11/h1,3-4,9,11,14-15H,2,5-8H2. The van der Waals surface area contributed by atoms with E-state index in [1.807, 2.05) is 0 Å². The van der Waals surface area contributed by atoms with Crippen LogP contribution in [0.25, 0.3) is 0 Å². The summed E-state index contributed by atoms with van der Waals surface area (Å²) in [5.74, 6) is 0. The molecule has 0 spiro atoms. The Kier molecular flexibility index (Phi) is 4.61. The fraction of sp³-hybridized carbons (Fsp3) is 0.500. The molecule has 0 saturated heterocycles. The van der Waals surface area contributed by atoms with Gasteiger partial charge >= 0.3 is 0 Å². The Morgan fingerprint density at radius 1 is 1.28 bits per heavy atom. The molecule has 1 aromatic rings. The van der Waals surface area contributed by atoms with Crippen LogP contribution in [0, 0.1) is 0 Å². The van der Waals surface area contributed by atoms with Crippen LogP contribution >= 0.6 is 11.6 Å². The normalized spacial score (nSPS) is 15.8. The van der Waals surface area contributed by atoms with Crippen molar-refractivity contribution in [1.29, 1.82) is 0 Å². The zero-order chi connectivity index (χ0) is 13.0. The van der Waals surface area contributed by atoms with E-state index in [0.29, 0.717) is 17.6 Å². The van der Waals surface area contributed by atoms with Crippen LogP contribution in [-0.4, -0.2) is 27.5 Å². The Balaban J connectivity index is 1.79. The van der Waals surface area contributed by atoms with E-state index in [4.69, 9.17) is 11.6 Å². The van der Waals surface area contributed by atoms with Crippen molar-refractivity contribution >= 4 is 21.6 Å². The summed E-state index contributed by atoms with van der Waals surface area (Å²) < 4.78 is 26.4. The maximum Gasteiger partial charge on any atom is 0.240 e. The molecule has 1 aliphatic rings. The van der Waals surface area contributed by atoms with Crippen molar-refractivity contribution < 1.29 is 8.42 Å². The third-order valence-electron chi connectivity index (χ3n) is 2.76. The largest absolute Gasteiger partial charge is 0.314 e. The van der Waals surface area contributed by atoms with Gasteiger partial charge in [-0.15, -0.1) is 0 Å². The Bertz CT molecular complexity index is 501. The molecule has 0 bridgehead atoms. The third kappa shape index (κ3) is 4.24. The Morgan fingerprint density at radius 2 is 2.06 bits per heavy atom. The Morgan fingerprint density at radius 3 is 2.72 bits per heavy atom. The number of sulfonamides is 1. The molecule has 1 fully saturated rings. The van der Waals surface area contributed by atoms with E-state index in [1.54, 1.807) is 12.1 Å². The van der Waals surface area contributed by atoms with Gasteiger partial charge in [-0.05, 0) is 44.0 Å². The molecule has 0 aliphatic heterocycles. The van der Waals surface area contributed by atoms with Crippen molar-refractivity contribution in [2.45, 2.75) is 30.2 Å². The third-order valence-corrected chi connectivity index (χ3v) is 4.46. The first-order chi connectivity index (χ1) is 8.58. The topological polar surface area (TPSA) is 58.2 Å². The zero-order valence-electron chi connectivity index (χ0n) is 10.0. The average Bonchev–Trinajstić information content (AvgIpc) is 3.12. The molecule has 0 unspecified atom stereocenters. The van der Waals surface area contributed by atoms with E-state index in [0.717, 1.165) is 13.0 Å². The molecule has 18 heavy (non-hydrogen) atoms. The molecule has 2 rings (SSSR count). The first-order valence-electron chi connectivity index (χ1n) is 6.06. The maximum atomic E-state index is 11.9. The molecule has 2 N–H and O–H groups in total. The lowest BCUT2D eigenvalue weighted by Crippen LogP contribution is -2.28. The smallest absolute Gasteiger partial charge is 0.240 e. The monoisotopic (exact) mass is 288 g/mol. The molecule has 0 radical (unpaired) electrons. The fourth-order valence-electron chi connectivity index (χ4n) is 1.61. The number of hydrogen-bond acceptors (Lipinski definition) is 3. The molecule has 0 atom stereocenters. The van der Waals surface area contributed by atoms with Crippen LogP contribution in [0.2, 0.25) is 5.02 Å². The van der Waals surface area contributed by atoms with Gasteiger partial charge in [0.15, 0.2) is 0 Å². The van der Waals surface area contributed by atoms with Gasteiger partial charge in [0.2, 0.25) is 10.0 Å². The molecular formula is C12H17ClN2O2S. The minimum absolute atomic E-state index is 0.213. The van der Waals surface area contributed by atoms with Crippen LogP contribution in [-0.2, 0) is 10.0 Å². The van der Waals surface area contributed by atoms with Crippen molar-refractivity contribution in [2.75, 3.05) is 13.1 Å². The van der Waals surface area contributed by atoms with Gasteiger partial charge < -0.3 is 5.32 Å². The van der Waals surface area contributed by atoms with Gasteiger partial charge in [0, 0.05) is 17.6 Å². The molecule has 4 nitrogen and oxygen atoms in total. The molecule has 1 aromatic carbocycles. The predicted octanol–water partition coefficient (Wildman–Crippen LogP) is 1.76. The van der Waals surface area contributed by atoms with E-state index in [1.165, 1.54) is 25.0 Å². The number of hydrogen-bond donors (Lipinski definition) is 2. The van der Waals surface area contributed by atoms with Crippen molar-refractivity contribution in [3.63, 3.8) is 0 Å². The molecule has 100 valence electrons. The van der Waals surface area contributed by atoms with Crippen molar-refractivity contribution in [3.8, 4) is 0 Å². The first-order valence-corrected chi connectivity index (χ1v) is 7.93. The van der Waals surface area contributed by atoms with Crippen LogP contribution in [0.5, 0.6) is 0 Å². The van der Waals surface area contributed by atoms with Crippen LogP contribution < -0.4 is 10.0 Å². The van der Waals surface area contributed by atoms with E-state index >= 15 is 0 Å². The summed E-state index contributed by atoms with van der Waals surface area (Å²) in [4.78, 5) is 0.213. The minimum Gasteiger partial charge on any atom is -0.314 e. The summed E-state index contributed by atoms with van der Waals surface area (Å²) in [5, 5.41) is 3.76. The summed E-state index contributed by atoms with van der Waals surface area (Å²) >= 11 is 5.77. The van der Waals surface area contributed by atoms with Crippen LogP contribution in [0.3, 0.4) is 0 Å². The van der Waals surface area contributed by atoms with E-state index in [-0.39, 0.29) is 4.90 Å². The highest BCUT2D eigenvalue weighted by atomic mass is 35.5. The highest BCUT2D eigenvalue weighted by Gasteiger charge is 2.19. The summed E-state index contributed by atoms with van der Waals surface area (Å²) in [6, 6.07) is 6.93. The first kappa shape index (κ1) is 13.8. The van der Waals surface area contributed by atoms with Gasteiger partial charge in [-0.3, -0.25) is 0 Å². The lowest BCUT2D eigenvalue weighted by molar-refractivity contribution is 0.573. The second kappa shape index (κ2) is 6.02. The van der Waals surface area contributed by atoms with Gasteiger partial charge in [0.05, 0.1) is 4.90 Å². The van der Waals surface area contributed by atoms with E-state index in [9.17, 15) is 8.42 Å². The second-order valence-corrected chi connectivity index (χ2v) is 6.64. The van der Waals surface area contributed by atoms with Crippen molar-refractivity contribution in [3.05, 3.63) is 29.3 Å². The second-order valence-electron chi connectivity index (χ2n) is 4.44. The molecular weight excluding hydrogens is 272 g/mol. The Labute approximate surface area is 113 Å². The number of rotatable bonds is 7. The summed E-state index contributed by atoms with van der Waals surface area (Å²) in [7, 11) is -3.43. The molecule has 1 aliphatic carbocycles. The van der Waals surface area contributed by atoms with Gasteiger partial charge in [0.25, 0.3) is 0 Å². The van der Waals surface area contributed by atoms with Crippen LogP contribution in [0.1, 0.15) is 19.3 Å². The van der Waals surface area contributed by atoms with Crippen molar-refractivity contribution in [2.24, 2.45) is 0 Å². The van der Waals surface area contributed by atoms with Gasteiger partial charge in [-0.25, -0.2) is 13.1 Å². The summed E-state index contributed by atoms with van der Waals surface area (Å²) in [6.07, 6.45) is 3.28. The van der Waals surface area contributed by atoms with E-state index < -0.39 is 10.0 Å². The fourth-order valence-corrected chi connectivity index (χ4v) is 2.98. The Hall–Kier alpha value is -0.620. The van der Waals surface area contributed by atoms with Crippen LogP contribution in [0.4, 0.5) is 0 Å². The molecule has 0 amide bonds. The lowest BCUT2D eigenvalue weighted by atomic mass is 10.4.